The molecule has 0 atom stereocenters. The maximum atomic E-state index is 11.8. The van der Waals surface area contributed by atoms with Gasteiger partial charge in [0.15, 0.2) is 5.13 Å². The molecule has 1 aromatic rings. The van der Waals surface area contributed by atoms with Crippen LogP contribution in [-0.4, -0.2) is 44.0 Å². The number of nitrogens with one attached hydrogen (secondary N) is 1. The van der Waals surface area contributed by atoms with Crippen LogP contribution in [0.4, 0.5) is 18.3 Å². The van der Waals surface area contributed by atoms with E-state index in [4.69, 9.17) is 0 Å². The van der Waals surface area contributed by atoms with E-state index in [1.165, 1.54) is 18.4 Å². The van der Waals surface area contributed by atoms with E-state index in [2.05, 4.69) is 19.8 Å². The van der Waals surface area contributed by atoms with Crippen molar-refractivity contribution >= 4 is 22.4 Å². The zero-order valence-corrected chi connectivity index (χ0v) is 11.6. The van der Waals surface area contributed by atoms with Crippen LogP contribution in [0.2, 0.25) is 0 Å². The van der Waals surface area contributed by atoms with E-state index in [1.54, 1.807) is 5.38 Å². The van der Waals surface area contributed by atoms with E-state index < -0.39 is 12.8 Å². The van der Waals surface area contributed by atoms with Crippen LogP contribution >= 0.6 is 11.3 Å². The highest BCUT2D eigenvalue weighted by atomic mass is 32.1. The molecule has 0 aromatic carbocycles. The molecule has 1 heterocycles. The number of aryl methyl sites for hydroxylation is 1. The lowest BCUT2D eigenvalue weighted by molar-refractivity contribution is -0.172. The molecule has 0 bridgehead atoms. The van der Waals surface area contributed by atoms with E-state index in [-0.39, 0.29) is 25.5 Å². The van der Waals surface area contributed by atoms with Crippen LogP contribution in [0, 0.1) is 0 Å². The third-order valence-corrected chi connectivity index (χ3v) is 3.00. The van der Waals surface area contributed by atoms with E-state index in [0.717, 1.165) is 5.69 Å². The van der Waals surface area contributed by atoms with Crippen LogP contribution in [0.5, 0.6) is 0 Å². The number of carbonyl (C=O) groups is 1. The number of thiazole rings is 1. The Morgan fingerprint density at radius 2 is 2.25 bits per heavy atom. The van der Waals surface area contributed by atoms with Crippen molar-refractivity contribution in [3.8, 4) is 0 Å². The van der Waals surface area contributed by atoms with Crippen molar-refractivity contribution in [3.63, 3.8) is 0 Å². The van der Waals surface area contributed by atoms with Gasteiger partial charge < -0.3 is 14.8 Å². The molecule has 0 fully saturated rings. The Balaban J connectivity index is 2.19. The van der Waals surface area contributed by atoms with Crippen LogP contribution in [0.25, 0.3) is 0 Å². The maximum absolute atomic E-state index is 11.8. The average molecular weight is 312 g/mol. The smallest absolute Gasteiger partial charge is 0.411 e. The van der Waals surface area contributed by atoms with Gasteiger partial charge in [0.2, 0.25) is 0 Å². The molecular formula is C11H15F3N2O3S. The van der Waals surface area contributed by atoms with Crippen molar-refractivity contribution in [2.75, 3.05) is 32.2 Å². The molecule has 9 heteroatoms. The molecule has 20 heavy (non-hydrogen) atoms. The molecule has 0 amide bonds. The highest BCUT2D eigenvalue weighted by Crippen LogP contribution is 2.17. The molecule has 0 spiro atoms. The van der Waals surface area contributed by atoms with Crippen molar-refractivity contribution in [1.82, 2.24) is 4.98 Å². The summed E-state index contributed by atoms with van der Waals surface area (Å²) in [5, 5.41) is 5.22. The summed E-state index contributed by atoms with van der Waals surface area (Å²) in [5.74, 6) is -0.312. The number of nitrogens with zero attached hydrogens (tertiary/aromatic N) is 1. The highest BCUT2D eigenvalue weighted by Gasteiger charge is 2.27. The van der Waals surface area contributed by atoms with Gasteiger partial charge in [-0.15, -0.1) is 11.3 Å². The summed E-state index contributed by atoms with van der Waals surface area (Å²) in [7, 11) is 1.32. The Bertz CT molecular complexity index is 423. The highest BCUT2D eigenvalue weighted by molar-refractivity contribution is 7.13. The third kappa shape index (κ3) is 7.29. The summed E-state index contributed by atoms with van der Waals surface area (Å²) < 4.78 is 44.3. The fourth-order valence-electron chi connectivity index (χ4n) is 1.25. The third-order valence-electron chi connectivity index (χ3n) is 2.15. The Morgan fingerprint density at radius 1 is 1.50 bits per heavy atom. The average Bonchev–Trinajstić information content (AvgIpc) is 2.82. The fraction of sp³-hybridized carbons (Fsp3) is 0.636. The van der Waals surface area contributed by atoms with Crippen molar-refractivity contribution in [3.05, 3.63) is 11.1 Å². The zero-order valence-electron chi connectivity index (χ0n) is 10.8. The van der Waals surface area contributed by atoms with Crippen molar-refractivity contribution in [2.24, 2.45) is 0 Å². The molecule has 0 radical (unpaired) electrons. The molecule has 0 saturated heterocycles. The monoisotopic (exact) mass is 312 g/mol. The molecule has 114 valence electrons. The molecule has 0 aliphatic heterocycles. The summed E-state index contributed by atoms with van der Waals surface area (Å²) in [6, 6.07) is 0. The molecule has 5 nitrogen and oxygen atoms in total. The quantitative estimate of drug-likeness (QED) is 0.589. The number of methoxy groups -OCH3 is 1. The number of hydrogen-bond acceptors (Lipinski definition) is 6. The second-order valence-corrected chi connectivity index (χ2v) is 4.67. The van der Waals surface area contributed by atoms with Gasteiger partial charge in [-0.2, -0.15) is 13.2 Å². The molecule has 0 aliphatic rings. The van der Waals surface area contributed by atoms with E-state index in [9.17, 15) is 18.0 Å². The largest absolute Gasteiger partial charge is 0.469 e. The first kappa shape index (κ1) is 16.7. The topological polar surface area (TPSA) is 60.5 Å². The van der Waals surface area contributed by atoms with E-state index in [0.29, 0.717) is 11.6 Å². The summed E-state index contributed by atoms with van der Waals surface area (Å²) in [6.45, 7) is -1.08. The van der Waals surface area contributed by atoms with Gasteiger partial charge in [0.25, 0.3) is 0 Å². The first-order valence-corrected chi connectivity index (χ1v) is 6.68. The number of aromatic nitrogens is 1. The van der Waals surface area contributed by atoms with Crippen LogP contribution in [0.3, 0.4) is 0 Å². The van der Waals surface area contributed by atoms with Gasteiger partial charge in [0.1, 0.15) is 6.61 Å². The van der Waals surface area contributed by atoms with Crippen LogP contribution in [0.15, 0.2) is 5.38 Å². The molecule has 1 N–H and O–H groups in total. The zero-order chi connectivity index (χ0) is 15.0. The lowest BCUT2D eigenvalue weighted by Gasteiger charge is -2.07. The molecule has 0 unspecified atom stereocenters. The summed E-state index contributed by atoms with van der Waals surface area (Å²) in [6.07, 6.45) is -3.59. The van der Waals surface area contributed by atoms with Gasteiger partial charge in [-0.3, -0.25) is 4.79 Å². The van der Waals surface area contributed by atoms with Crippen molar-refractivity contribution in [2.45, 2.75) is 19.0 Å². The maximum Gasteiger partial charge on any atom is 0.411 e. The Morgan fingerprint density at radius 3 is 2.90 bits per heavy atom. The molecule has 1 rings (SSSR count). The lowest BCUT2D eigenvalue weighted by atomic mass is 10.2. The molecule has 1 aromatic heterocycles. The van der Waals surface area contributed by atoms with Crippen LogP contribution in [0.1, 0.15) is 12.1 Å². The second kappa shape index (κ2) is 8.05. The minimum absolute atomic E-state index is 0.0589. The normalized spacial score (nSPS) is 11.4. The van der Waals surface area contributed by atoms with E-state index >= 15 is 0 Å². The van der Waals surface area contributed by atoms with E-state index in [1.807, 2.05) is 0 Å². The Kier molecular flexibility index (Phi) is 6.73. The minimum atomic E-state index is -4.30. The number of esters is 1. The first-order chi connectivity index (χ1) is 9.40. The number of halogens is 3. The van der Waals surface area contributed by atoms with Gasteiger partial charge in [0.05, 0.1) is 25.8 Å². The van der Waals surface area contributed by atoms with Crippen molar-refractivity contribution in [1.29, 1.82) is 0 Å². The minimum Gasteiger partial charge on any atom is -0.469 e. The number of alkyl halides is 3. The SMILES string of the molecule is COC(=O)CCc1csc(NCCOCC(F)(F)F)n1. The standard InChI is InChI=1S/C11H15F3N2O3S/c1-18-9(17)3-2-8-6-20-10(16-8)15-4-5-19-7-11(12,13)14/h6H,2-5,7H2,1H3,(H,15,16). The molecule has 0 aliphatic carbocycles. The van der Waals surface area contributed by atoms with Crippen molar-refractivity contribution < 1.29 is 27.4 Å². The Hall–Kier alpha value is -1.35. The number of carbonyl (C=O) groups excluding carboxylic acids is 1. The number of ether oxygens (including phenoxy) is 2. The lowest BCUT2D eigenvalue weighted by Crippen LogP contribution is -2.20. The first-order valence-electron chi connectivity index (χ1n) is 5.80. The number of anilines is 1. The van der Waals surface area contributed by atoms with Gasteiger partial charge in [-0.25, -0.2) is 4.98 Å². The van der Waals surface area contributed by atoms with Crippen LogP contribution < -0.4 is 5.32 Å². The summed E-state index contributed by atoms with van der Waals surface area (Å²) in [5.41, 5.74) is 0.735. The summed E-state index contributed by atoms with van der Waals surface area (Å²) >= 11 is 1.32. The van der Waals surface area contributed by atoms with Gasteiger partial charge in [-0.1, -0.05) is 0 Å². The number of rotatable bonds is 8. The Labute approximate surface area is 118 Å². The second-order valence-electron chi connectivity index (χ2n) is 3.81. The predicted octanol–water partition coefficient (Wildman–Crippen LogP) is 2.24. The number of hydrogen-bond donors (Lipinski definition) is 1. The fourth-order valence-corrected chi connectivity index (χ4v) is 2.03. The summed E-state index contributed by atoms with van der Waals surface area (Å²) in [4.78, 5) is 15.1. The molecular weight excluding hydrogens is 297 g/mol. The van der Waals surface area contributed by atoms with Gasteiger partial charge in [-0.05, 0) is 0 Å². The predicted molar refractivity (Wildman–Crippen MR) is 67.8 cm³/mol. The van der Waals surface area contributed by atoms with Gasteiger partial charge >= 0.3 is 12.1 Å². The van der Waals surface area contributed by atoms with Gasteiger partial charge in [0, 0.05) is 18.3 Å². The molecule has 0 saturated carbocycles. The van der Waals surface area contributed by atoms with Crippen LogP contribution in [-0.2, 0) is 20.7 Å².